The van der Waals surface area contributed by atoms with Gasteiger partial charge >= 0.3 is 0 Å². The van der Waals surface area contributed by atoms with E-state index in [-0.39, 0.29) is 6.04 Å². The topological polar surface area (TPSA) is 47.3 Å². The third-order valence-corrected chi connectivity index (χ3v) is 3.91. The quantitative estimate of drug-likeness (QED) is 0.858. The number of nitrogens with one attached hydrogen (secondary N) is 1. The Hall–Kier alpha value is -1.06. The standard InChI is InChI=1S/C16H26N2O/c1-3-19-16-7-6-14(9-12(16)2)15(17)10-13-5-4-8-18-11-13/h6-7,9,13,15,18H,3-5,8,10-11,17H2,1-2H3. The molecule has 2 rings (SSSR count). The molecule has 1 aromatic rings. The molecule has 1 fully saturated rings. The summed E-state index contributed by atoms with van der Waals surface area (Å²) in [4.78, 5) is 0. The highest BCUT2D eigenvalue weighted by Gasteiger charge is 2.17. The summed E-state index contributed by atoms with van der Waals surface area (Å²) < 4.78 is 5.57. The Kier molecular flexibility index (Phi) is 5.23. The predicted molar refractivity (Wildman–Crippen MR) is 79.5 cm³/mol. The van der Waals surface area contributed by atoms with E-state index >= 15 is 0 Å². The van der Waals surface area contributed by atoms with Gasteiger partial charge in [-0.05, 0) is 69.3 Å². The van der Waals surface area contributed by atoms with E-state index in [0.717, 1.165) is 31.2 Å². The van der Waals surface area contributed by atoms with Crippen LogP contribution in [-0.2, 0) is 0 Å². The molecule has 0 amide bonds. The van der Waals surface area contributed by atoms with Gasteiger partial charge in [0.15, 0.2) is 0 Å². The summed E-state index contributed by atoms with van der Waals surface area (Å²) in [6, 6.07) is 6.47. The van der Waals surface area contributed by atoms with Gasteiger partial charge in [0.25, 0.3) is 0 Å². The first-order valence-electron chi connectivity index (χ1n) is 7.40. The molecule has 0 radical (unpaired) electrons. The predicted octanol–water partition coefficient (Wildman–Crippen LogP) is 2.78. The van der Waals surface area contributed by atoms with Gasteiger partial charge in [0.2, 0.25) is 0 Å². The molecule has 1 heterocycles. The normalized spacial score (nSPS) is 21.1. The van der Waals surface area contributed by atoms with Crippen LogP contribution in [-0.4, -0.2) is 19.7 Å². The molecule has 1 aromatic carbocycles. The number of benzene rings is 1. The molecule has 1 aliphatic heterocycles. The molecule has 2 unspecified atom stereocenters. The zero-order valence-corrected chi connectivity index (χ0v) is 12.1. The molecule has 0 saturated carbocycles. The number of rotatable bonds is 5. The summed E-state index contributed by atoms with van der Waals surface area (Å²) in [6.07, 6.45) is 3.65. The van der Waals surface area contributed by atoms with Gasteiger partial charge in [-0.3, -0.25) is 0 Å². The van der Waals surface area contributed by atoms with Crippen molar-refractivity contribution in [1.82, 2.24) is 5.32 Å². The third-order valence-electron chi connectivity index (χ3n) is 3.91. The van der Waals surface area contributed by atoms with Gasteiger partial charge in [-0.25, -0.2) is 0 Å². The van der Waals surface area contributed by atoms with Crippen LogP contribution in [0.25, 0.3) is 0 Å². The maximum atomic E-state index is 6.35. The van der Waals surface area contributed by atoms with Crippen LogP contribution in [0.15, 0.2) is 18.2 Å². The molecule has 1 saturated heterocycles. The molecule has 0 aliphatic carbocycles. The van der Waals surface area contributed by atoms with Crippen molar-refractivity contribution >= 4 is 0 Å². The van der Waals surface area contributed by atoms with E-state index in [1.807, 2.05) is 13.0 Å². The largest absolute Gasteiger partial charge is 0.494 e. The first-order chi connectivity index (χ1) is 9.20. The van der Waals surface area contributed by atoms with Crippen LogP contribution in [0.2, 0.25) is 0 Å². The molecule has 1 aliphatic rings. The van der Waals surface area contributed by atoms with Gasteiger partial charge in [-0.15, -0.1) is 0 Å². The Morgan fingerprint density at radius 2 is 2.32 bits per heavy atom. The molecule has 3 nitrogen and oxygen atoms in total. The van der Waals surface area contributed by atoms with Gasteiger partial charge in [0.05, 0.1) is 6.61 Å². The van der Waals surface area contributed by atoms with E-state index in [4.69, 9.17) is 10.5 Å². The average molecular weight is 262 g/mol. The first kappa shape index (κ1) is 14.4. The lowest BCUT2D eigenvalue weighted by Gasteiger charge is -2.25. The maximum Gasteiger partial charge on any atom is 0.122 e. The highest BCUT2D eigenvalue weighted by molar-refractivity contribution is 5.37. The molecular formula is C16H26N2O. The van der Waals surface area contributed by atoms with Crippen molar-refractivity contribution in [3.63, 3.8) is 0 Å². The number of aryl methyl sites for hydroxylation is 1. The Balaban J connectivity index is 1.98. The van der Waals surface area contributed by atoms with Crippen LogP contribution in [0, 0.1) is 12.8 Å². The molecule has 2 atom stereocenters. The lowest BCUT2D eigenvalue weighted by molar-refractivity contribution is 0.333. The fourth-order valence-electron chi connectivity index (χ4n) is 2.84. The fourth-order valence-corrected chi connectivity index (χ4v) is 2.84. The molecular weight excluding hydrogens is 236 g/mol. The zero-order chi connectivity index (χ0) is 13.7. The zero-order valence-electron chi connectivity index (χ0n) is 12.1. The lowest BCUT2D eigenvalue weighted by Crippen LogP contribution is -2.31. The smallest absolute Gasteiger partial charge is 0.122 e. The van der Waals surface area contributed by atoms with E-state index in [0.29, 0.717) is 6.61 Å². The molecule has 3 N–H and O–H groups in total. The third kappa shape index (κ3) is 3.95. The number of ether oxygens (including phenoxy) is 1. The van der Waals surface area contributed by atoms with Crippen molar-refractivity contribution in [1.29, 1.82) is 0 Å². The highest BCUT2D eigenvalue weighted by atomic mass is 16.5. The van der Waals surface area contributed by atoms with E-state index in [1.165, 1.54) is 24.0 Å². The SMILES string of the molecule is CCOc1ccc(C(N)CC2CCCNC2)cc1C. The minimum atomic E-state index is 0.138. The van der Waals surface area contributed by atoms with Crippen LogP contribution in [0.5, 0.6) is 5.75 Å². The van der Waals surface area contributed by atoms with Crippen molar-refractivity contribution in [3.8, 4) is 5.75 Å². The molecule has 0 bridgehead atoms. The fraction of sp³-hybridized carbons (Fsp3) is 0.625. The van der Waals surface area contributed by atoms with Crippen LogP contribution >= 0.6 is 0 Å². The minimum Gasteiger partial charge on any atom is -0.494 e. The van der Waals surface area contributed by atoms with Crippen LogP contribution in [0.4, 0.5) is 0 Å². The van der Waals surface area contributed by atoms with Crippen molar-refractivity contribution in [3.05, 3.63) is 29.3 Å². The Morgan fingerprint density at radius 1 is 1.47 bits per heavy atom. The minimum absolute atomic E-state index is 0.138. The Bertz CT molecular complexity index is 400. The molecule has 106 valence electrons. The number of hydrogen-bond acceptors (Lipinski definition) is 3. The summed E-state index contributed by atoms with van der Waals surface area (Å²) in [5.74, 6) is 1.69. The summed E-state index contributed by atoms with van der Waals surface area (Å²) in [6.45, 7) is 7.08. The van der Waals surface area contributed by atoms with Crippen molar-refractivity contribution in [2.24, 2.45) is 11.7 Å². The number of hydrogen-bond donors (Lipinski definition) is 2. The Labute approximate surface area is 116 Å². The van der Waals surface area contributed by atoms with Crippen LogP contribution < -0.4 is 15.8 Å². The second-order valence-corrected chi connectivity index (χ2v) is 5.51. The first-order valence-corrected chi connectivity index (χ1v) is 7.40. The molecule has 3 heteroatoms. The van der Waals surface area contributed by atoms with Crippen molar-refractivity contribution in [2.45, 2.75) is 39.2 Å². The van der Waals surface area contributed by atoms with Crippen LogP contribution in [0.3, 0.4) is 0 Å². The average Bonchev–Trinajstić information content (AvgIpc) is 2.42. The van der Waals surface area contributed by atoms with Crippen molar-refractivity contribution < 1.29 is 4.74 Å². The van der Waals surface area contributed by atoms with Gasteiger partial charge < -0.3 is 15.8 Å². The van der Waals surface area contributed by atoms with E-state index in [2.05, 4.69) is 24.4 Å². The van der Waals surface area contributed by atoms with Crippen molar-refractivity contribution in [2.75, 3.05) is 19.7 Å². The van der Waals surface area contributed by atoms with E-state index < -0.39 is 0 Å². The van der Waals surface area contributed by atoms with E-state index in [1.54, 1.807) is 0 Å². The number of nitrogens with two attached hydrogens (primary N) is 1. The highest BCUT2D eigenvalue weighted by Crippen LogP contribution is 2.27. The van der Waals surface area contributed by atoms with E-state index in [9.17, 15) is 0 Å². The summed E-state index contributed by atoms with van der Waals surface area (Å²) in [5, 5.41) is 3.45. The molecule has 19 heavy (non-hydrogen) atoms. The molecule has 0 spiro atoms. The Morgan fingerprint density at radius 3 is 2.95 bits per heavy atom. The summed E-state index contributed by atoms with van der Waals surface area (Å²) in [7, 11) is 0. The second kappa shape index (κ2) is 6.92. The second-order valence-electron chi connectivity index (χ2n) is 5.51. The lowest BCUT2D eigenvalue weighted by atomic mass is 9.89. The number of piperidine rings is 1. The van der Waals surface area contributed by atoms with Gasteiger partial charge in [-0.2, -0.15) is 0 Å². The van der Waals surface area contributed by atoms with Gasteiger partial charge in [0.1, 0.15) is 5.75 Å². The monoisotopic (exact) mass is 262 g/mol. The maximum absolute atomic E-state index is 6.35. The van der Waals surface area contributed by atoms with Crippen LogP contribution in [0.1, 0.15) is 43.4 Å². The van der Waals surface area contributed by atoms with Gasteiger partial charge in [0, 0.05) is 6.04 Å². The summed E-state index contributed by atoms with van der Waals surface area (Å²) in [5.41, 5.74) is 8.76. The van der Waals surface area contributed by atoms with Gasteiger partial charge in [-0.1, -0.05) is 12.1 Å². The molecule has 0 aromatic heterocycles. The summed E-state index contributed by atoms with van der Waals surface area (Å²) >= 11 is 0.